The number of carbonyl (C=O) groups excluding carboxylic acids is 3. The first-order chi connectivity index (χ1) is 6.34. The van der Waals surface area contributed by atoms with Gasteiger partial charge in [-0.1, -0.05) is 0 Å². The Kier molecular flexibility index (Phi) is 26.4. The molecule has 0 aliphatic heterocycles. The van der Waals surface area contributed by atoms with Crippen LogP contribution in [0.3, 0.4) is 0 Å². The quantitative estimate of drug-likeness (QED) is 0.229. The van der Waals surface area contributed by atoms with Crippen molar-refractivity contribution in [1.29, 1.82) is 0 Å². The molecule has 0 amide bonds. The normalized spacial score (nSPS) is 7.35. The number of rotatable bonds is 5. The van der Waals surface area contributed by atoms with Gasteiger partial charge in [0.1, 0.15) is 0 Å². The number of likely N-dealkylation sites (N-methyl/N-ethyl adjacent to an activating group) is 1. The fourth-order valence-electron chi connectivity index (χ4n) is 0.658. The van der Waals surface area contributed by atoms with E-state index >= 15 is 0 Å². The van der Waals surface area contributed by atoms with E-state index in [9.17, 15) is 29.7 Å². The van der Waals surface area contributed by atoms with Gasteiger partial charge in [0.25, 0.3) is 0 Å². The molecule has 7 nitrogen and oxygen atoms in total. The maximum atomic E-state index is 10.2. The van der Waals surface area contributed by atoms with Crippen LogP contribution in [0.1, 0.15) is 0 Å². The Bertz CT molecular complexity index is 290. The fourth-order valence-corrected chi connectivity index (χ4v) is 0.658. The van der Waals surface area contributed by atoms with Crippen molar-refractivity contribution in [2.45, 2.75) is 0 Å². The van der Waals surface area contributed by atoms with E-state index in [2.05, 4.69) is 0 Å². The van der Waals surface area contributed by atoms with Crippen molar-refractivity contribution in [2.24, 2.45) is 0 Å². The summed E-state index contributed by atoms with van der Waals surface area (Å²) >= 11 is 0. The Morgan fingerprint density at radius 2 is 1.35 bits per heavy atom. The molecular weight excluding hydrogens is 450 g/mol. The first-order valence-corrected chi connectivity index (χ1v) is 3.39. The van der Waals surface area contributed by atoms with E-state index in [-0.39, 0.29) is 175 Å². The van der Waals surface area contributed by atoms with Crippen LogP contribution in [-0.2, 0) is 14.4 Å². The smallest absolute Gasteiger partial charge is 0.548 e. The molecule has 0 aliphatic rings. The van der Waals surface area contributed by atoms with Crippen molar-refractivity contribution in [3.63, 3.8) is 0 Å². The second kappa shape index (κ2) is 15.7. The van der Waals surface area contributed by atoms with Crippen LogP contribution >= 0.6 is 0 Å². The first-order valence-electron chi connectivity index (χ1n) is 3.39. The van der Waals surface area contributed by atoms with Gasteiger partial charge in [0.05, 0.1) is 24.5 Å². The third-order valence-electron chi connectivity index (χ3n) is 1.17. The van der Waals surface area contributed by atoms with Crippen molar-refractivity contribution in [3.8, 4) is 0 Å². The third kappa shape index (κ3) is 15.6. The first kappa shape index (κ1) is 28.5. The van der Waals surface area contributed by atoms with E-state index < -0.39 is 30.0 Å². The van der Waals surface area contributed by atoms with E-state index in [1.54, 1.807) is 0 Å². The van der Waals surface area contributed by atoms with E-state index in [0.29, 0.717) is 6.20 Å². The molecule has 0 aromatic heterocycles. The molecule has 0 unspecified atom stereocenters. The number of aliphatic carboxylic acids is 3. The molecule has 0 spiro atoms. The summed E-state index contributed by atoms with van der Waals surface area (Å²) in [5, 5.41) is 30.4. The van der Waals surface area contributed by atoms with Gasteiger partial charge in [0.2, 0.25) is 0 Å². The molecule has 0 saturated carbocycles. The van der Waals surface area contributed by atoms with Crippen LogP contribution in [0.25, 0.3) is 0 Å². The summed E-state index contributed by atoms with van der Waals surface area (Å²) in [6.45, 7) is -0.635. The minimum Gasteiger partial charge on any atom is -0.548 e. The van der Waals surface area contributed by atoms with Crippen molar-refractivity contribution >= 4 is 17.9 Å². The Morgan fingerprint density at radius 3 is 1.59 bits per heavy atom. The van der Waals surface area contributed by atoms with Gasteiger partial charge < -0.3 is 34.6 Å². The molecule has 0 rings (SSSR count). The Hall–Kier alpha value is 3.37. The minimum atomic E-state index is -1.95. The van der Waals surface area contributed by atoms with Gasteiger partial charge in [0.15, 0.2) is 0 Å². The Balaban J connectivity index is -0.000000282. The Morgan fingerprint density at radius 1 is 1.00 bits per heavy atom. The van der Waals surface area contributed by atoms with Crippen molar-refractivity contribution in [2.75, 3.05) is 13.6 Å². The molecule has 0 radical (unpaired) electrons. The molecule has 10 heteroatoms. The molecule has 0 heterocycles. The van der Waals surface area contributed by atoms with Crippen molar-refractivity contribution in [1.82, 2.24) is 4.90 Å². The van der Waals surface area contributed by atoms with E-state index in [4.69, 9.17) is 0 Å². The van der Waals surface area contributed by atoms with Gasteiger partial charge >= 0.3 is 175 Å². The zero-order valence-corrected chi connectivity index (χ0v) is 24.9. The molecule has 0 atom stereocenters. The molecule has 0 fully saturated rings. The largest absolute Gasteiger partial charge is 1.00 e. The van der Waals surface area contributed by atoms with Gasteiger partial charge in [0, 0.05) is 18.8 Å². The van der Waals surface area contributed by atoms with Crippen LogP contribution in [0.4, 0.5) is 0 Å². The summed E-state index contributed by atoms with van der Waals surface area (Å²) < 4.78 is 0. The number of nitrogens with zero attached hydrogens (tertiary/aromatic N) is 1. The van der Waals surface area contributed by atoms with Crippen LogP contribution in [0.15, 0.2) is 11.8 Å². The van der Waals surface area contributed by atoms with Crippen LogP contribution in [-0.4, -0.2) is 36.4 Å². The average Bonchev–Trinajstić information content (AvgIpc) is 1.97. The van der Waals surface area contributed by atoms with Gasteiger partial charge in [-0.3, -0.25) is 0 Å². The zero-order chi connectivity index (χ0) is 11.3. The molecule has 0 aliphatic carbocycles. The van der Waals surface area contributed by atoms with Gasteiger partial charge in [-0.25, -0.2) is 0 Å². The number of carbonyl (C=O) groups is 3. The molecule has 0 aromatic carbocycles. The molecule has 0 saturated heterocycles. The van der Waals surface area contributed by atoms with Gasteiger partial charge in [-0.05, 0) is 0 Å². The third-order valence-corrected chi connectivity index (χ3v) is 1.17. The van der Waals surface area contributed by atoms with Crippen LogP contribution in [0.5, 0.6) is 0 Å². The summed E-state index contributed by atoms with van der Waals surface area (Å²) in [6, 6.07) is 0. The Labute approximate surface area is 245 Å². The molecular formula is C7H6NO6Rb3. The van der Waals surface area contributed by atoms with Crippen molar-refractivity contribution in [3.05, 3.63) is 11.8 Å². The van der Waals surface area contributed by atoms with Crippen molar-refractivity contribution < 1.29 is 204 Å². The SMILES string of the molecule is CN(C=C(C(=O)[O-])C(=O)[O-])CC(=O)[O-].[Rb+].[Rb+].[Rb+]. The molecule has 0 aromatic rings. The number of hydrogen-bond acceptors (Lipinski definition) is 7. The summed E-state index contributed by atoms with van der Waals surface area (Å²) in [5.41, 5.74) is -1.13. The predicted molar refractivity (Wildman–Crippen MR) is 35.7 cm³/mol. The van der Waals surface area contributed by atoms with Crippen LogP contribution < -0.4 is 190 Å². The van der Waals surface area contributed by atoms with Crippen LogP contribution in [0, 0.1) is 0 Å². The van der Waals surface area contributed by atoms with E-state index in [1.165, 1.54) is 7.05 Å². The van der Waals surface area contributed by atoms with Crippen LogP contribution in [0.2, 0.25) is 0 Å². The maximum Gasteiger partial charge on any atom is 1.00 e. The van der Waals surface area contributed by atoms with Gasteiger partial charge in [-0.15, -0.1) is 0 Å². The summed E-state index contributed by atoms with van der Waals surface area (Å²) in [4.78, 5) is 31.2. The topological polar surface area (TPSA) is 124 Å². The second-order valence-electron chi connectivity index (χ2n) is 2.40. The standard InChI is InChI=1S/C7H9NO6.3Rb/c1-8(3-5(9)10)2-4(6(11)12)7(13)14;;;/h2H,3H2,1H3,(H,9,10)(H,11,12)(H,13,14);;;/q;3*+1/p-3. The number of carboxylic acids is 3. The van der Waals surface area contributed by atoms with Gasteiger partial charge in [-0.2, -0.15) is 0 Å². The molecule has 17 heavy (non-hydrogen) atoms. The summed E-state index contributed by atoms with van der Waals surface area (Å²) in [7, 11) is 1.17. The number of carboxylic acid groups (broad SMARTS) is 3. The fraction of sp³-hybridized carbons (Fsp3) is 0.286. The maximum absolute atomic E-state index is 10.2. The zero-order valence-electron chi connectivity index (χ0n) is 10.2. The van der Waals surface area contributed by atoms with E-state index in [0.717, 1.165) is 4.90 Å². The minimum absolute atomic E-state index is 0. The monoisotopic (exact) mass is 455 g/mol. The summed E-state index contributed by atoms with van der Waals surface area (Å²) in [5.74, 6) is -5.37. The molecule has 0 N–H and O–H groups in total. The summed E-state index contributed by atoms with van der Waals surface area (Å²) in [6.07, 6.45) is 0.584. The molecule has 0 bridgehead atoms. The average molecular weight is 457 g/mol. The predicted octanol–water partition coefficient (Wildman–Crippen LogP) is -13.9. The second-order valence-corrected chi connectivity index (χ2v) is 2.40. The molecule has 78 valence electrons. The number of hydrogen-bond donors (Lipinski definition) is 0. The van der Waals surface area contributed by atoms with E-state index in [1.807, 2.05) is 0 Å².